The number of amidine groups is 1. The van der Waals surface area contributed by atoms with Crippen molar-refractivity contribution < 1.29 is 4.79 Å². The second-order valence-corrected chi connectivity index (χ2v) is 3.68. The van der Waals surface area contributed by atoms with Gasteiger partial charge >= 0.3 is 0 Å². The molecule has 6 heteroatoms. The van der Waals surface area contributed by atoms with Gasteiger partial charge in [-0.3, -0.25) is 10.2 Å². The zero-order valence-corrected chi connectivity index (χ0v) is 9.37. The van der Waals surface area contributed by atoms with Gasteiger partial charge in [0.05, 0.1) is 17.5 Å². The van der Waals surface area contributed by atoms with Gasteiger partial charge in [-0.2, -0.15) is 0 Å². The summed E-state index contributed by atoms with van der Waals surface area (Å²) in [6.45, 7) is 0. The maximum atomic E-state index is 11.2. The van der Waals surface area contributed by atoms with Crippen LogP contribution in [0.5, 0.6) is 0 Å². The molecule has 1 aromatic heterocycles. The smallest absolute Gasteiger partial charge is 0.227 e. The Morgan fingerprint density at radius 2 is 2.35 bits per heavy atom. The van der Waals surface area contributed by atoms with Gasteiger partial charge in [-0.15, -0.1) is 0 Å². The van der Waals surface area contributed by atoms with Crippen LogP contribution in [0.1, 0.15) is 11.4 Å². The Labute approximate surface area is 97.7 Å². The number of benzene rings is 1. The zero-order chi connectivity index (χ0) is 12.4. The molecule has 0 aliphatic carbocycles. The third kappa shape index (κ3) is 2.25. The molecular formula is C11H13N5O. The van der Waals surface area contributed by atoms with E-state index in [-0.39, 0.29) is 18.2 Å². The molecule has 0 saturated heterocycles. The van der Waals surface area contributed by atoms with Gasteiger partial charge in [0.25, 0.3) is 0 Å². The SMILES string of the molecule is CNC(=O)Cc1nc2ccc(C(=N)N)cc2[nH]1. The number of imidazole rings is 1. The quantitative estimate of drug-likeness (QED) is 0.445. The molecule has 0 aliphatic rings. The van der Waals surface area contributed by atoms with Crippen LogP contribution in [0, 0.1) is 5.41 Å². The number of hydrogen-bond acceptors (Lipinski definition) is 3. The number of carbonyl (C=O) groups is 1. The Hall–Kier alpha value is -2.37. The Kier molecular flexibility index (Phi) is 2.78. The lowest BCUT2D eigenvalue weighted by molar-refractivity contribution is -0.120. The molecule has 0 fully saturated rings. The average Bonchev–Trinajstić information content (AvgIpc) is 2.69. The highest BCUT2D eigenvalue weighted by atomic mass is 16.1. The van der Waals surface area contributed by atoms with Gasteiger partial charge in [0, 0.05) is 12.6 Å². The van der Waals surface area contributed by atoms with Gasteiger partial charge in [-0.25, -0.2) is 4.98 Å². The summed E-state index contributed by atoms with van der Waals surface area (Å²) in [5, 5.41) is 9.87. The van der Waals surface area contributed by atoms with Crippen LogP contribution in [-0.2, 0) is 11.2 Å². The fourth-order valence-electron chi connectivity index (χ4n) is 1.55. The van der Waals surface area contributed by atoms with E-state index < -0.39 is 0 Å². The van der Waals surface area contributed by atoms with Gasteiger partial charge in [-0.1, -0.05) is 0 Å². The number of nitrogens with zero attached hydrogens (tertiary/aromatic N) is 1. The highest BCUT2D eigenvalue weighted by Gasteiger charge is 2.07. The molecule has 2 rings (SSSR count). The number of H-pyrrole nitrogens is 1. The van der Waals surface area contributed by atoms with Crippen LogP contribution in [0.2, 0.25) is 0 Å². The minimum Gasteiger partial charge on any atom is -0.384 e. The number of hydrogen-bond donors (Lipinski definition) is 4. The first-order valence-corrected chi connectivity index (χ1v) is 5.14. The number of rotatable bonds is 3. The normalized spacial score (nSPS) is 10.4. The zero-order valence-electron chi connectivity index (χ0n) is 9.37. The van der Waals surface area contributed by atoms with Gasteiger partial charge in [0.15, 0.2) is 0 Å². The number of nitrogens with one attached hydrogen (secondary N) is 3. The van der Waals surface area contributed by atoms with E-state index in [4.69, 9.17) is 11.1 Å². The number of likely N-dealkylation sites (N-methyl/N-ethyl adjacent to an activating group) is 1. The molecule has 0 atom stereocenters. The predicted molar refractivity (Wildman–Crippen MR) is 64.9 cm³/mol. The van der Waals surface area contributed by atoms with E-state index in [0.717, 1.165) is 11.0 Å². The van der Waals surface area contributed by atoms with Crippen LogP contribution in [0.15, 0.2) is 18.2 Å². The summed E-state index contributed by atoms with van der Waals surface area (Å²) in [6, 6.07) is 5.25. The second kappa shape index (κ2) is 4.25. The summed E-state index contributed by atoms with van der Waals surface area (Å²) in [5.74, 6) is 0.505. The third-order valence-electron chi connectivity index (χ3n) is 2.45. The molecule has 17 heavy (non-hydrogen) atoms. The van der Waals surface area contributed by atoms with E-state index >= 15 is 0 Å². The molecule has 0 aliphatic heterocycles. The van der Waals surface area contributed by atoms with Crippen LogP contribution >= 0.6 is 0 Å². The molecule has 1 heterocycles. The minimum atomic E-state index is -0.101. The molecule has 88 valence electrons. The first-order valence-electron chi connectivity index (χ1n) is 5.14. The molecule has 0 bridgehead atoms. The Morgan fingerprint density at radius 3 is 3.00 bits per heavy atom. The van der Waals surface area contributed by atoms with Gasteiger partial charge < -0.3 is 16.0 Å². The van der Waals surface area contributed by atoms with Crippen LogP contribution < -0.4 is 11.1 Å². The number of carbonyl (C=O) groups excluding carboxylic acids is 1. The highest BCUT2D eigenvalue weighted by molar-refractivity contribution is 5.98. The van der Waals surface area contributed by atoms with Gasteiger partial charge in [0.1, 0.15) is 11.7 Å². The van der Waals surface area contributed by atoms with Crippen molar-refractivity contribution in [1.29, 1.82) is 5.41 Å². The summed E-state index contributed by atoms with van der Waals surface area (Å²) in [7, 11) is 1.58. The highest BCUT2D eigenvalue weighted by Crippen LogP contribution is 2.13. The lowest BCUT2D eigenvalue weighted by atomic mass is 10.2. The predicted octanol–water partition coefficient (Wildman–Crippen LogP) is 0.135. The lowest BCUT2D eigenvalue weighted by Crippen LogP contribution is -2.20. The molecule has 1 aromatic carbocycles. The summed E-state index contributed by atoms with van der Waals surface area (Å²) in [5.41, 5.74) is 7.56. The number of amides is 1. The molecule has 0 unspecified atom stereocenters. The maximum Gasteiger partial charge on any atom is 0.227 e. The van der Waals surface area contributed by atoms with Crippen molar-refractivity contribution in [3.05, 3.63) is 29.6 Å². The maximum absolute atomic E-state index is 11.2. The summed E-state index contributed by atoms with van der Waals surface area (Å²) < 4.78 is 0. The van der Waals surface area contributed by atoms with Crippen molar-refractivity contribution in [3.63, 3.8) is 0 Å². The molecule has 0 radical (unpaired) electrons. The number of nitrogens with two attached hydrogens (primary N) is 1. The Balaban J connectivity index is 2.37. The van der Waals surface area contributed by atoms with E-state index in [1.807, 2.05) is 0 Å². The number of nitrogen functional groups attached to an aromatic ring is 1. The fourth-order valence-corrected chi connectivity index (χ4v) is 1.55. The van der Waals surface area contributed by atoms with E-state index in [2.05, 4.69) is 15.3 Å². The Morgan fingerprint density at radius 1 is 1.59 bits per heavy atom. The van der Waals surface area contributed by atoms with E-state index in [1.165, 1.54) is 0 Å². The van der Waals surface area contributed by atoms with Crippen LogP contribution in [0.4, 0.5) is 0 Å². The molecule has 5 N–H and O–H groups in total. The second-order valence-electron chi connectivity index (χ2n) is 3.68. The first-order chi connectivity index (χ1) is 8.10. The average molecular weight is 231 g/mol. The van der Waals surface area contributed by atoms with E-state index in [9.17, 15) is 4.79 Å². The largest absolute Gasteiger partial charge is 0.384 e. The first kappa shape index (κ1) is 11.1. The van der Waals surface area contributed by atoms with Crippen molar-refractivity contribution in [1.82, 2.24) is 15.3 Å². The topological polar surface area (TPSA) is 108 Å². The molecular weight excluding hydrogens is 218 g/mol. The number of aromatic nitrogens is 2. The van der Waals surface area contributed by atoms with Crippen molar-refractivity contribution in [3.8, 4) is 0 Å². The molecule has 1 amide bonds. The Bertz CT molecular complexity index is 587. The molecule has 0 spiro atoms. The molecule has 2 aromatic rings. The van der Waals surface area contributed by atoms with E-state index in [1.54, 1.807) is 25.2 Å². The van der Waals surface area contributed by atoms with Crippen molar-refractivity contribution in [2.75, 3.05) is 7.05 Å². The summed E-state index contributed by atoms with van der Waals surface area (Å²) in [6.07, 6.45) is 0.209. The minimum absolute atomic E-state index is 0.00866. The van der Waals surface area contributed by atoms with Crippen LogP contribution in [0.3, 0.4) is 0 Å². The number of fused-ring (bicyclic) bond motifs is 1. The van der Waals surface area contributed by atoms with Crippen molar-refractivity contribution in [2.45, 2.75) is 6.42 Å². The summed E-state index contributed by atoms with van der Waals surface area (Å²) in [4.78, 5) is 18.5. The number of aromatic amines is 1. The van der Waals surface area contributed by atoms with Gasteiger partial charge in [0.2, 0.25) is 5.91 Å². The lowest BCUT2D eigenvalue weighted by Gasteiger charge is -1.96. The van der Waals surface area contributed by atoms with Crippen molar-refractivity contribution >= 4 is 22.8 Å². The monoisotopic (exact) mass is 231 g/mol. The molecule has 0 saturated carbocycles. The fraction of sp³-hybridized carbons (Fsp3) is 0.182. The van der Waals surface area contributed by atoms with Crippen molar-refractivity contribution in [2.24, 2.45) is 5.73 Å². The van der Waals surface area contributed by atoms with Crippen LogP contribution in [-0.4, -0.2) is 28.8 Å². The third-order valence-corrected chi connectivity index (χ3v) is 2.45. The summed E-state index contributed by atoms with van der Waals surface area (Å²) >= 11 is 0. The van der Waals surface area contributed by atoms with Crippen LogP contribution in [0.25, 0.3) is 11.0 Å². The van der Waals surface area contributed by atoms with Gasteiger partial charge in [-0.05, 0) is 18.2 Å². The van der Waals surface area contributed by atoms with E-state index in [0.29, 0.717) is 11.4 Å². The standard InChI is InChI=1S/C11H13N5O/c1-14-10(17)5-9-15-7-3-2-6(11(12)13)4-8(7)16-9/h2-4H,5H2,1H3,(H3,12,13)(H,14,17)(H,15,16). The molecule has 6 nitrogen and oxygen atoms in total.